The summed E-state index contributed by atoms with van der Waals surface area (Å²) in [6.07, 6.45) is 0. The lowest BCUT2D eigenvalue weighted by Crippen LogP contribution is -1.92. The van der Waals surface area contributed by atoms with Gasteiger partial charge in [-0.05, 0) is 30.3 Å². The molecular weight excluding hydrogens is 382 g/mol. The van der Waals surface area contributed by atoms with Crippen molar-refractivity contribution in [1.82, 2.24) is 24.6 Å². The number of H-pyrrole nitrogens is 1. The first-order valence-corrected chi connectivity index (χ1v) is 9.67. The fourth-order valence-electron chi connectivity index (χ4n) is 3.08. The van der Waals surface area contributed by atoms with Gasteiger partial charge in [0.1, 0.15) is 10.9 Å². The van der Waals surface area contributed by atoms with Crippen molar-refractivity contribution < 1.29 is 4.74 Å². The molecule has 3 aromatic heterocycles. The van der Waals surface area contributed by atoms with E-state index in [1.54, 1.807) is 18.9 Å². The molecule has 5 rings (SSSR count). The lowest BCUT2D eigenvalue weighted by molar-refractivity contribution is 0.415. The van der Waals surface area contributed by atoms with Gasteiger partial charge in [-0.1, -0.05) is 35.5 Å². The first-order valence-electron chi connectivity index (χ1n) is 8.30. The Morgan fingerprint density at radius 1 is 1.11 bits per heavy atom. The molecule has 0 spiro atoms. The van der Waals surface area contributed by atoms with Crippen LogP contribution in [0.5, 0.6) is 5.75 Å². The van der Waals surface area contributed by atoms with E-state index in [9.17, 15) is 0 Å². The van der Waals surface area contributed by atoms with Crippen LogP contribution in [0.3, 0.4) is 0 Å². The van der Waals surface area contributed by atoms with E-state index in [0.29, 0.717) is 10.9 Å². The number of hydrogen-bond acceptors (Lipinski definition) is 5. The Balaban J connectivity index is 1.49. The fourth-order valence-corrected chi connectivity index (χ4v) is 4.30. The fraction of sp³-hybridized carbons (Fsp3) is 0.105. The highest BCUT2D eigenvalue weighted by Gasteiger charge is 2.13. The summed E-state index contributed by atoms with van der Waals surface area (Å²) in [4.78, 5) is 9.06. The van der Waals surface area contributed by atoms with Gasteiger partial charge in [0.15, 0.2) is 5.16 Å². The van der Waals surface area contributed by atoms with Crippen LogP contribution in [-0.4, -0.2) is 31.7 Å². The Kier molecular flexibility index (Phi) is 3.91. The maximum Gasteiger partial charge on any atom is 0.231 e. The van der Waals surface area contributed by atoms with Crippen molar-refractivity contribution in [3.63, 3.8) is 0 Å². The standard InChI is InChI=1S/C19H14ClN5OS/c1-26-13-7-6-11-8-12(17(20)21-15(11)9-13)10-27-19-24-23-18-22-14-4-2-3-5-16(14)25(18)19/h2-9H,10H2,1H3,(H,22,23). The molecule has 8 heteroatoms. The molecule has 27 heavy (non-hydrogen) atoms. The summed E-state index contributed by atoms with van der Waals surface area (Å²) in [7, 11) is 1.64. The van der Waals surface area contributed by atoms with Gasteiger partial charge >= 0.3 is 0 Å². The molecule has 0 radical (unpaired) electrons. The summed E-state index contributed by atoms with van der Waals surface area (Å²) in [5.74, 6) is 2.15. The maximum atomic E-state index is 6.42. The quantitative estimate of drug-likeness (QED) is 0.352. The van der Waals surface area contributed by atoms with Crippen molar-refractivity contribution in [1.29, 1.82) is 0 Å². The summed E-state index contributed by atoms with van der Waals surface area (Å²) in [6.45, 7) is 0. The summed E-state index contributed by atoms with van der Waals surface area (Å²) < 4.78 is 7.27. The van der Waals surface area contributed by atoms with Crippen LogP contribution < -0.4 is 4.74 Å². The number of para-hydroxylation sites is 2. The third kappa shape index (κ3) is 2.79. The van der Waals surface area contributed by atoms with Gasteiger partial charge in [0.05, 0.1) is 23.7 Å². The number of thioether (sulfide) groups is 1. The molecule has 0 aliphatic carbocycles. The van der Waals surface area contributed by atoms with Gasteiger partial charge < -0.3 is 4.74 Å². The second-order valence-corrected chi connectivity index (χ2v) is 7.35. The first-order chi connectivity index (χ1) is 13.2. The summed E-state index contributed by atoms with van der Waals surface area (Å²) in [5, 5.41) is 9.74. The van der Waals surface area contributed by atoms with E-state index in [-0.39, 0.29) is 0 Å². The molecule has 0 saturated heterocycles. The van der Waals surface area contributed by atoms with Crippen LogP contribution in [0, 0.1) is 0 Å². The molecule has 0 aliphatic rings. The van der Waals surface area contributed by atoms with Crippen molar-refractivity contribution in [3.05, 3.63) is 59.2 Å². The molecule has 0 bridgehead atoms. The van der Waals surface area contributed by atoms with E-state index < -0.39 is 0 Å². The lowest BCUT2D eigenvalue weighted by Gasteiger charge is -2.07. The molecule has 0 unspecified atom stereocenters. The van der Waals surface area contributed by atoms with Crippen LogP contribution in [0.4, 0.5) is 0 Å². The SMILES string of the molecule is COc1ccc2cc(CSc3n[nH]c4nc5ccccc5n34)c(Cl)nc2c1. The van der Waals surface area contributed by atoms with Crippen molar-refractivity contribution in [2.45, 2.75) is 10.9 Å². The molecule has 0 atom stereocenters. The molecule has 1 N–H and O–H groups in total. The number of aromatic amines is 1. The van der Waals surface area contributed by atoms with Gasteiger partial charge in [-0.15, -0.1) is 5.10 Å². The smallest absolute Gasteiger partial charge is 0.231 e. The Labute approximate surface area is 163 Å². The zero-order chi connectivity index (χ0) is 18.4. The van der Waals surface area contributed by atoms with Gasteiger partial charge in [-0.25, -0.2) is 15.1 Å². The summed E-state index contributed by atoms with van der Waals surface area (Å²) in [5.41, 5.74) is 3.74. The molecular formula is C19H14ClN5OS. The van der Waals surface area contributed by atoms with Crippen molar-refractivity contribution >= 4 is 51.1 Å². The predicted molar refractivity (Wildman–Crippen MR) is 108 cm³/mol. The number of hydrogen-bond donors (Lipinski definition) is 1. The normalized spacial score (nSPS) is 11.6. The van der Waals surface area contributed by atoms with Crippen LogP contribution in [0.25, 0.3) is 27.7 Å². The molecule has 0 amide bonds. The van der Waals surface area contributed by atoms with Crippen molar-refractivity contribution in [2.75, 3.05) is 7.11 Å². The zero-order valence-corrected chi connectivity index (χ0v) is 15.9. The average molecular weight is 396 g/mol. The molecule has 0 fully saturated rings. The largest absolute Gasteiger partial charge is 0.497 e. The van der Waals surface area contributed by atoms with E-state index in [2.05, 4.69) is 26.2 Å². The van der Waals surface area contributed by atoms with E-state index in [0.717, 1.165) is 44.2 Å². The van der Waals surface area contributed by atoms with E-state index in [1.807, 2.05) is 46.9 Å². The number of pyridine rings is 1. The molecule has 5 aromatic rings. The van der Waals surface area contributed by atoms with E-state index >= 15 is 0 Å². The Morgan fingerprint density at radius 2 is 2.00 bits per heavy atom. The number of imidazole rings is 1. The van der Waals surface area contributed by atoms with Crippen molar-refractivity contribution in [3.8, 4) is 5.75 Å². The number of benzene rings is 2. The van der Waals surface area contributed by atoms with Gasteiger partial charge in [0, 0.05) is 22.8 Å². The molecule has 0 saturated carbocycles. The number of nitrogens with one attached hydrogen (secondary N) is 1. The highest BCUT2D eigenvalue weighted by Crippen LogP contribution is 2.30. The molecule has 0 aliphatic heterocycles. The summed E-state index contributed by atoms with van der Waals surface area (Å²) in [6, 6.07) is 15.8. The average Bonchev–Trinajstić information content (AvgIpc) is 3.25. The highest BCUT2D eigenvalue weighted by atomic mass is 35.5. The zero-order valence-electron chi connectivity index (χ0n) is 14.3. The topological polar surface area (TPSA) is 68.1 Å². The molecule has 2 aromatic carbocycles. The predicted octanol–water partition coefficient (Wildman–Crippen LogP) is 4.71. The van der Waals surface area contributed by atoms with Crippen molar-refractivity contribution in [2.24, 2.45) is 0 Å². The van der Waals surface area contributed by atoms with Gasteiger partial charge in [0.25, 0.3) is 0 Å². The first kappa shape index (κ1) is 16.4. The minimum absolute atomic E-state index is 0.491. The van der Waals surface area contributed by atoms with Crippen LogP contribution in [0.2, 0.25) is 5.15 Å². The Hall–Kier alpha value is -2.77. The van der Waals surface area contributed by atoms with Gasteiger partial charge in [-0.3, -0.25) is 4.40 Å². The second kappa shape index (κ2) is 6.44. The second-order valence-electron chi connectivity index (χ2n) is 6.05. The number of methoxy groups -OCH3 is 1. The third-order valence-electron chi connectivity index (χ3n) is 4.41. The lowest BCUT2D eigenvalue weighted by atomic mass is 10.1. The molecule has 3 heterocycles. The number of aromatic nitrogens is 5. The van der Waals surface area contributed by atoms with E-state index in [4.69, 9.17) is 16.3 Å². The third-order valence-corrected chi connectivity index (χ3v) is 5.73. The van der Waals surface area contributed by atoms with Crippen LogP contribution in [0.1, 0.15) is 5.56 Å². The number of fused-ring (bicyclic) bond motifs is 4. The minimum Gasteiger partial charge on any atom is -0.497 e. The van der Waals surface area contributed by atoms with Crippen LogP contribution in [0.15, 0.2) is 53.7 Å². The Bertz CT molecular complexity index is 1300. The molecule has 134 valence electrons. The molecule has 6 nitrogen and oxygen atoms in total. The number of halogens is 1. The van der Waals surface area contributed by atoms with Gasteiger partial charge in [-0.2, -0.15) is 0 Å². The number of nitrogens with zero attached hydrogens (tertiary/aromatic N) is 4. The van der Waals surface area contributed by atoms with Crippen LogP contribution in [-0.2, 0) is 5.75 Å². The maximum absolute atomic E-state index is 6.42. The van der Waals surface area contributed by atoms with Crippen LogP contribution >= 0.6 is 23.4 Å². The minimum atomic E-state index is 0.491. The van der Waals surface area contributed by atoms with E-state index in [1.165, 1.54) is 0 Å². The number of rotatable bonds is 4. The highest BCUT2D eigenvalue weighted by molar-refractivity contribution is 7.98. The number of ether oxygens (including phenoxy) is 1. The van der Waals surface area contributed by atoms with Gasteiger partial charge in [0.2, 0.25) is 5.78 Å². The Morgan fingerprint density at radius 3 is 2.89 bits per heavy atom. The summed E-state index contributed by atoms with van der Waals surface area (Å²) >= 11 is 8.01. The monoisotopic (exact) mass is 395 g/mol.